The third kappa shape index (κ3) is 5.33. The van der Waals surface area contributed by atoms with Gasteiger partial charge in [0.1, 0.15) is 11.4 Å². The van der Waals surface area contributed by atoms with Crippen molar-refractivity contribution in [2.45, 2.75) is 50.6 Å². The van der Waals surface area contributed by atoms with Crippen LogP contribution in [0.3, 0.4) is 0 Å². The standard InChI is InChI=1S/C12H22F2N4O2S/c1-9(2)4-12(3,8-15)17-21(19,20)10-5-16-18(6-10)7-11(13)14/h5-6,9,11,17H,4,7-8,15H2,1-3H3. The van der Waals surface area contributed by atoms with Crippen LogP contribution in [-0.4, -0.2) is 36.7 Å². The van der Waals surface area contributed by atoms with Crippen molar-refractivity contribution in [2.24, 2.45) is 11.7 Å². The summed E-state index contributed by atoms with van der Waals surface area (Å²) in [6, 6.07) is 0. The Morgan fingerprint density at radius 1 is 1.48 bits per heavy atom. The van der Waals surface area contributed by atoms with E-state index in [9.17, 15) is 17.2 Å². The van der Waals surface area contributed by atoms with Gasteiger partial charge in [-0.05, 0) is 19.3 Å². The first-order valence-corrected chi connectivity index (χ1v) is 8.11. The van der Waals surface area contributed by atoms with Gasteiger partial charge in [0.2, 0.25) is 10.0 Å². The zero-order chi connectivity index (χ0) is 16.3. The van der Waals surface area contributed by atoms with Crippen LogP contribution in [0.25, 0.3) is 0 Å². The molecule has 1 aromatic heterocycles. The smallest absolute Gasteiger partial charge is 0.257 e. The summed E-state index contributed by atoms with van der Waals surface area (Å²) in [5, 5.41) is 3.63. The number of rotatable bonds is 8. The van der Waals surface area contributed by atoms with E-state index in [1.165, 1.54) is 0 Å². The van der Waals surface area contributed by atoms with Crippen LogP contribution in [0.5, 0.6) is 0 Å². The lowest BCUT2D eigenvalue weighted by molar-refractivity contribution is 0.121. The van der Waals surface area contributed by atoms with Gasteiger partial charge >= 0.3 is 0 Å². The van der Waals surface area contributed by atoms with E-state index in [2.05, 4.69) is 9.82 Å². The summed E-state index contributed by atoms with van der Waals surface area (Å²) in [6.07, 6.45) is 0.106. The van der Waals surface area contributed by atoms with Gasteiger partial charge in [-0.25, -0.2) is 21.9 Å². The van der Waals surface area contributed by atoms with E-state index in [0.29, 0.717) is 6.42 Å². The van der Waals surface area contributed by atoms with Gasteiger partial charge in [0.05, 0.1) is 6.20 Å². The number of sulfonamides is 1. The molecule has 0 aliphatic heterocycles. The molecule has 0 spiro atoms. The molecule has 0 amide bonds. The molecule has 1 atom stereocenters. The number of hydrogen-bond acceptors (Lipinski definition) is 4. The number of nitrogens with one attached hydrogen (secondary N) is 1. The van der Waals surface area contributed by atoms with E-state index in [1.54, 1.807) is 6.92 Å². The molecule has 0 aliphatic carbocycles. The Hall–Kier alpha value is -1.06. The van der Waals surface area contributed by atoms with Gasteiger partial charge in [-0.15, -0.1) is 0 Å². The first-order valence-electron chi connectivity index (χ1n) is 6.62. The summed E-state index contributed by atoms with van der Waals surface area (Å²) < 4.78 is 52.5. The number of nitrogens with zero attached hydrogens (tertiary/aromatic N) is 2. The largest absolute Gasteiger partial charge is 0.329 e. The molecule has 1 rings (SSSR count). The molecule has 9 heteroatoms. The highest BCUT2D eigenvalue weighted by Crippen LogP contribution is 2.19. The lowest BCUT2D eigenvalue weighted by Crippen LogP contribution is -2.51. The van der Waals surface area contributed by atoms with Gasteiger partial charge in [-0.2, -0.15) is 5.10 Å². The van der Waals surface area contributed by atoms with Crippen molar-refractivity contribution in [1.82, 2.24) is 14.5 Å². The fourth-order valence-electron chi connectivity index (χ4n) is 2.18. The van der Waals surface area contributed by atoms with Gasteiger partial charge < -0.3 is 5.73 Å². The SMILES string of the molecule is CC(C)CC(C)(CN)NS(=O)(=O)c1cnn(CC(F)F)c1. The first kappa shape index (κ1) is 18.0. The molecule has 1 heterocycles. The molecule has 3 N–H and O–H groups in total. The predicted molar refractivity (Wildman–Crippen MR) is 75.5 cm³/mol. The Morgan fingerprint density at radius 3 is 2.57 bits per heavy atom. The number of halogens is 2. The Kier molecular flexibility index (Phi) is 5.83. The summed E-state index contributed by atoms with van der Waals surface area (Å²) in [4.78, 5) is -0.147. The van der Waals surface area contributed by atoms with Crippen LogP contribution in [0.15, 0.2) is 17.3 Å². The molecule has 0 saturated heterocycles. The summed E-state index contributed by atoms with van der Waals surface area (Å²) in [6.45, 7) is 5.13. The average molecular weight is 324 g/mol. The van der Waals surface area contributed by atoms with E-state index in [-0.39, 0.29) is 17.4 Å². The molecule has 1 aromatic rings. The summed E-state index contributed by atoms with van der Waals surface area (Å²) in [5.74, 6) is 0.253. The lowest BCUT2D eigenvalue weighted by atomic mass is 9.92. The quantitative estimate of drug-likeness (QED) is 0.751. The fraction of sp³-hybridized carbons (Fsp3) is 0.750. The topological polar surface area (TPSA) is 90.0 Å². The maximum Gasteiger partial charge on any atom is 0.257 e. The fourth-order valence-corrected chi connectivity index (χ4v) is 3.56. The molecule has 122 valence electrons. The summed E-state index contributed by atoms with van der Waals surface area (Å²) >= 11 is 0. The van der Waals surface area contributed by atoms with Crippen LogP contribution in [0.4, 0.5) is 8.78 Å². The molecule has 21 heavy (non-hydrogen) atoms. The third-order valence-corrected chi connectivity index (χ3v) is 4.53. The number of aromatic nitrogens is 2. The molecule has 0 bridgehead atoms. The Labute approximate surface area is 123 Å². The Morgan fingerprint density at radius 2 is 2.10 bits per heavy atom. The highest BCUT2D eigenvalue weighted by atomic mass is 32.2. The van der Waals surface area contributed by atoms with Crippen LogP contribution in [-0.2, 0) is 16.6 Å². The van der Waals surface area contributed by atoms with Crippen LogP contribution in [0.2, 0.25) is 0 Å². The van der Waals surface area contributed by atoms with E-state index in [1.807, 2.05) is 13.8 Å². The van der Waals surface area contributed by atoms with Crippen molar-refractivity contribution in [3.8, 4) is 0 Å². The third-order valence-electron chi connectivity index (χ3n) is 2.93. The highest BCUT2D eigenvalue weighted by Gasteiger charge is 2.31. The maximum absolute atomic E-state index is 12.3. The minimum Gasteiger partial charge on any atom is -0.329 e. The molecule has 1 unspecified atom stereocenters. The second-order valence-electron chi connectivity index (χ2n) is 5.76. The van der Waals surface area contributed by atoms with Crippen LogP contribution in [0.1, 0.15) is 27.2 Å². The van der Waals surface area contributed by atoms with Crippen molar-refractivity contribution in [3.05, 3.63) is 12.4 Å². The Bertz CT molecular complexity index is 559. The second kappa shape index (κ2) is 6.80. The van der Waals surface area contributed by atoms with Crippen molar-refractivity contribution < 1.29 is 17.2 Å². The van der Waals surface area contributed by atoms with Crippen LogP contribution in [0, 0.1) is 5.92 Å². The van der Waals surface area contributed by atoms with E-state index in [4.69, 9.17) is 5.73 Å². The maximum atomic E-state index is 12.3. The first-order chi connectivity index (χ1) is 9.58. The van der Waals surface area contributed by atoms with Gasteiger partial charge in [0, 0.05) is 18.3 Å². The monoisotopic (exact) mass is 324 g/mol. The van der Waals surface area contributed by atoms with Gasteiger partial charge in [-0.1, -0.05) is 13.8 Å². The molecular weight excluding hydrogens is 302 g/mol. The number of nitrogens with two attached hydrogens (primary N) is 1. The minimum atomic E-state index is -3.85. The van der Waals surface area contributed by atoms with Crippen molar-refractivity contribution in [1.29, 1.82) is 0 Å². The second-order valence-corrected chi connectivity index (χ2v) is 7.44. The van der Waals surface area contributed by atoms with Crippen LogP contribution < -0.4 is 10.5 Å². The molecule has 0 aromatic carbocycles. The van der Waals surface area contributed by atoms with Crippen molar-refractivity contribution in [3.63, 3.8) is 0 Å². The number of alkyl halides is 2. The van der Waals surface area contributed by atoms with Gasteiger partial charge in [-0.3, -0.25) is 4.68 Å². The van der Waals surface area contributed by atoms with E-state index in [0.717, 1.165) is 17.1 Å². The Balaban J connectivity index is 2.92. The number of hydrogen-bond donors (Lipinski definition) is 2. The van der Waals surface area contributed by atoms with Crippen LogP contribution >= 0.6 is 0 Å². The molecule has 0 saturated carbocycles. The van der Waals surface area contributed by atoms with Crippen molar-refractivity contribution in [2.75, 3.05) is 6.54 Å². The zero-order valence-corrected chi connectivity index (χ0v) is 13.2. The molecule has 0 fully saturated rings. The van der Waals surface area contributed by atoms with Gasteiger partial charge in [0.25, 0.3) is 6.43 Å². The van der Waals surface area contributed by atoms with E-state index >= 15 is 0 Å². The average Bonchev–Trinajstić information content (AvgIpc) is 2.75. The molecule has 6 nitrogen and oxygen atoms in total. The predicted octanol–water partition coefficient (Wildman–Crippen LogP) is 1.19. The highest BCUT2D eigenvalue weighted by molar-refractivity contribution is 7.89. The van der Waals surface area contributed by atoms with Gasteiger partial charge in [0.15, 0.2) is 0 Å². The summed E-state index contributed by atoms with van der Waals surface area (Å²) in [7, 11) is -3.85. The molecular formula is C12H22F2N4O2S. The lowest BCUT2D eigenvalue weighted by Gasteiger charge is -2.30. The zero-order valence-electron chi connectivity index (χ0n) is 12.4. The minimum absolute atomic E-state index is 0.135. The molecule has 0 radical (unpaired) electrons. The normalized spacial score (nSPS) is 15.6. The van der Waals surface area contributed by atoms with Crippen molar-refractivity contribution >= 4 is 10.0 Å². The molecule has 0 aliphatic rings. The van der Waals surface area contributed by atoms with E-state index < -0.39 is 28.5 Å². The summed E-state index contributed by atoms with van der Waals surface area (Å²) in [5.41, 5.74) is 4.87.